The van der Waals surface area contributed by atoms with Gasteiger partial charge >= 0.3 is 0 Å². The van der Waals surface area contributed by atoms with Crippen LogP contribution < -0.4 is 5.73 Å². The molecule has 0 bridgehead atoms. The fourth-order valence-corrected chi connectivity index (χ4v) is 3.21. The Balaban J connectivity index is 1.81. The Hall–Kier alpha value is -1.47. The van der Waals surface area contributed by atoms with Crippen LogP contribution in [0.25, 0.3) is 0 Å². The molecule has 1 saturated carbocycles. The molecular weight excluding hydrogens is 260 g/mol. The minimum atomic E-state index is 0.440. The lowest BCUT2D eigenvalue weighted by Gasteiger charge is -2.10. The van der Waals surface area contributed by atoms with Gasteiger partial charge in [-0.25, -0.2) is 9.67 Å². The van der Waals surface area contributed by atoms with Crippen LogP contribution in [0.1, 0.15) is 37.4 Å². The van der Waals surface area contributed by atoms with Crippen LogP contribution in [0.4, 0.5) is 0 Å². The van der Waals surface area contributed by atoms with Crippen LogP contribution in [0.15, 0.2) is 28.4 Å². The first kappa shape index (κ1) is 12.6. The van der Waals surface area contributed by atoms with Crippen LogP contribution in [-0.4, -0.2) is 25.2 Å². The first-order valence-corrected chi connectivity index (χ1v) is 7.30. The molecule has 1 aliphatic carbocycles. The van der Waals surface area contributed by atoms with E-state index >= 15 is 0 Å². The van der Waals surface area contributed by atoms with Gasteiger partial charge in [0, 0.05) is 6.54 Å². The highest BCUT2D eigenvalue weighted by Crippen LogP contribution is 2.33. The lowest BCUT2D eigenvalue weighted by Crippen LogP contribution is -2.08. The quantitative estimate of drug-likeness (QED) is 0.916. The Morgan fingerprint density at radius 1 is 1.32 bits per heavy atom. The zero-order valence-electron chi connectivity index (χ0n) is 10.6. The number of pyridine rings is 1. The van der Waals surface area contributed by atoms with Crippen LogP contribution >= 0.6 is 11.8 Å². The summed E-state index contributed by atoms with van der Waals surface area (Å²) in [6.45, 7) is 0.446. The van der Waals surface area contributed by atoms with Gasteiger partial charge < -0.3 is 5.73 Å². The van der Waals surface area contributed by atoms with Crippen LogP contribution in [0.3, 0.4) is 0 Å². The van der Waals surface area contributed by atoms with E-state index in [2.05, 4.69) is 20.5 Å². The fourth-order valence-electron chi connectivity index (χ4n) is 2.35. The molecule has 0 unspecified atom stereocenters. The van der Waals surface area contributed by atoms with Crippen molar-refractivity contribution in [3.8, 4) is 0 Å². The molecule has 0 saturated heterocycles. The molecule has 1 aliphatic rings. The predicted octanol–water partition coefficient (Wildman–Crippen LogP) is 1.79. The summed E-state index contributed by atoms with van der Waals surface area (Å²) >= 11 is 1.50. The smallest absolute Gasteiger partial charge is 0.215 e. The predicted molar refractivity (Wildman–Crippen MR) is 71.6 cm³/mol. The maximum atomic E-state index is 5.60. The highest BCUT2D eigenvalue weighted by atomic mass is 32.2. The van der Waals surface area contributed by atoms with Crippen LogP contribution in [-0.2, 0) is 6.54 Å². The molecule has 2 N–H and O–H groups in total. The number of nitrogens with two attached hydrogens (primary N) is 1. The molecule has 7 heteroatoms. The van der Waals surface area contributed by atoms with Crippen LogP contribution in [0, 0.1) is 0 Å². The fraction of sp³-hybridized carbons (Fsp3) is 0.500. The van der Waals surface area contributed by atoms with E-state index in [0.717, 1.165) is 28.7 Å². The summed E-state index contributed by atoms with van der Waals surface area (Å²) in [5.41, 5.74) is 6.48. The van der Waals surface area contributed by atoms with Gasteiger partial charge in [0.25, 0.3) is 0 Å². The Labute approximate surface area is 115 Å². The molecule has 0 atom stereocenters. The van der Waals surface area contributed by atoms with E-state index in [1.807, 2.05) is 22.9 Å². The molecule has 2 heterocycles. The third-order valence-corrected chi connectivity index (χ3v) is 4.21. The van der Waals surface area contributed by atoms with Crippen molar-refractivity contribution in [1.29, 1.82) is 0 Å². The number of hydrogen-bond acceptors (Lipinski definition) is 6. The van der Waals surface area contributed by atoms with Crippen LogP contribution in [0.2, 0.25) is 0 Å². The highest BCUT2D eigenvalue weighted by molar-refractivity contribution is 7.99. The third-order valence-electron chi connectivity index (χ3n) is 3.32. The van der Waals surface area contributed by atoms with E-state index in [9.17, 15) is 0 Å². The Kier molecular flexibility index (Phi) is 3.74. The molecule has 6 nitrogen and oxygen atoms in total. The second-order valence-electron chi connectivity index (χ2n) is 4.62. The second kappa shape index (κ2) is 5.66. The monoisotopic (exact) mass is 276 g/mol. The normalized spacial score (nSPS) is 16.1. The zero-order chi connectivity index (χ0) is 13.1. The lowest BCUT2D eigenvalue weighted by atomic mass is 10.3. The number of tetrazole rings is 1. The minimum Gasteiger partial charge on any atom is -0.325 e. The van der Waals surface area contributed by atoms with E-state index in [1.54, 1.807) is 0 Å². The van der Waals surface area contributed by atoms with Gasteiger partial charge in [-0.15, -0.1) is 5.10 Å². The van der Waals surface area contributed by atoms with Gasteiger partial charge in [0.15, 0.2) is 0 Å². The summed E-state index contributed by atoms with van der Waals surface area (Å²) in [5, 5.41) is 13.7. The summed E-state index contributed by atoms with van der Waals surface area (Å²) in [4.78, 5) is 4.46. The molecule has 100 valence electrons. The third kappa shape index (κ3) is 2.76. The Bertz CT molecular complexity index is 549. The molecule has 2 aromatic heterocycles. The van der Waals surface area contributed by atoms with E-state index < -0.39 is 0 Å². The molecule has 0 spiro atoms. The summed E-state index contributed by atoms with van der Waals surface area (Å²) < 4.78 is 1.94. The molecular formula is C12H16N6S. The minimum absolute atomic E-state index is 0.440. The van der Waals surface area contributed by atoms with Gasteiger partial charge in [-0.05, 0) is 47.2 Å². The molecule has 0 amide bonds. The van der Waals surface area contributed by atoms with E-state index in [0.29, 0.717) is 12.6 Å². The van der Waals surface area contributed by atoms with Crippen molar-refractivity contribution < 1.29 is 0 Å². The second-order valence-corrected chi connectivity index (χ2v) is 5.61. The van der Waals surface area contributed by atoms with Gasteiger partial charge in [0.2, 0.25) is 5.16 Å². The maximum absolute atomic E-state index is 5.60. The number of aromatic nitrogens is 5. The Morgan fingerprint density at radius 2 is 2.16 bits per heavy atom. The molecule has 0 radical (unpaired) electrons. The molecule has 1 fully saturated rings. The summed E-state index contributed by atoms with van der Waals surface area (Å²) in [6.07, 6.45) is 4.84. The maximum Gasteiger partial charge on any atom is 0.215 e. The molecule has 0 aromatic carbocycles. The van der Waals surface area contributed by atoms with Gasteiger partial charge in [-0.2, -0.15) is 0 Å². The summed E-state index contributed by atoms with van der Waals surface area (Å²) in [7, 11) is 0. The van der Waals surface area contributed by atoms with Crippen molar-refractivity contribution in [1.82, 2.24) is 25.2 Å². The summed E-state index contributed by atoms with van der Waals surface area (Å²) in [5.74, 6) is 0. The Morgan fingerprint density at radius 3 is 2.95 bits per heavy atom. The van der Waals surface area contributed by atoms with Gasteiger partial charge in [0.05, 0.1) is 11.7 Å². The molecule has 2 aromatic rings. The van der Waals surface area contributed by atoms with Gasteiger partial charge in [-0.1, -0.05) is 18.9 Å². The average Bonchev–Trinajstić information content (AvgIpc) is 3.09. The number of hydrogen-bond donors (Lipinski definition) is 1. The molecule has 19 heavy (non-hydrogen) atoms. The standard InChI is InChI=1S/C12H16N6S/c13-8-9-4-3-7-11(14-9)19-12-15-16-17-18(12)10-5-1-2-6-10/h3-4,7,10H,1-2,5-6,8,13H2. The van der Waals surface area contributed by atoms with Crippen molar-refractivity contribution >= 4 is 11.8 Å². The SMILES string of the molecule is NCc1cccc(Sc2nnnn2C2CCCC2)n1. The van der Waals surface area contributed by atoms with Gasteiger partial charge in [-0.3, -0.25) is 0 Å². The zero-order valence-corrected chi connectivity index (χ0v) is 11.4. The van der Waals surface area contributed by atoms with Crippen molar-refractivity contribution in [3.63, 3.8) is 0 Å². The topological polar surface area (TPSA) is 82.5 Å². The van der Waals surface area contributed by atoms with Gasteiger partial charge in [0.1, 0.15) is 5.03 Å². The largest absolute Gasteiger partial charge is 0.325 e. The highest BCUT2D eigenvalue weighted by Gasteiger charge is 2.22. The van der Waals surface area contributed by atoms with E-state index in [-0.39, 0.29) is 0 Å². The molecule has 3 rings (SSSR count). The summed E-state index contributed by atoms with van der Waals surface area (Å²) in [6, 6.07) is 6.28. The number of rotatable bonds is 4. The van der Waals surface area contributed by atoms with E-state index in [1.165, 1.54) is 24.6 Å². The van der Waals surface area contributed by atoms with E-state index in [4.69, 9.17) is 5.73 Å². The number of nitrogens with zero attached hydrogens (tertiary/aromatic N) is 5. The van der Waals surface area contributed by atoms with Crippen molar-refractivity contribution in [2.24, 2.45) is 5.73 Å². The average molecular weight is 276 g/mol. The molecule has 0 aliphatic heterocycles. The van der Waals surface area contributed by atoms with Crippen LogP contribution in [0.5, 0.6) is 0 Å². The van der Waals surface area contributed by atoms with Crippen molar-refractivity contribution in [2.45, 2.75) is 48.5 Å². The first-order chi connectivity index (χ1) is 9.36. The van der Waals surface area contributed by atoms with Crippen molar-refractivity contribution in [3.05, 3.63) is 23.9 Å². The first-order valence-electron chi connectivity index (χ1n) is 6.48. The lowest BCUT2D eigenvalue weighted by molar-refractivity contribution is 0.423. The van der Waals surface area contributed by atoms with Crippen molar-refractivity contribution in [2.75, 3.05) is 0 Å².